The number of carbonyl (C=O) groups is 1. The predicted octanol–water partition coefficient (Wildman–Crippen LogP) is 3.18. The molecule has 0 saturated heterocycles. The lowest BCUT2D eigenvalue weighted by molar-refractivity contribution is -0.118. The molecule has 9 nitrogen and oxygen atoms in total. The second kappa shape index (κ2) is 11.1. The van der Waals surface area contributed by atoms with Gasteiger partial charge in [0.15, 0.2) is 6.61 Å². The summed E-state index contributed by atoms with van der Waals surface area (Å²) >= 11 is 0. The maximum Gasteiger partial charge on any atom is 0.262 e. The highest BCUT2D eigenvalue weighted by Gasteiger charge is 2.23. The van der Waals surface area contributed by atoms with Gasteiger partial charge in [0.2, 0.25) is 20.0 Å². The van der Waals surface area contributed by atoms with Crippen LogP contribution in [0.5, 0.6) is 5.75 Å². The minimum Gasteiger partial charge on any atom is -0.483 e. The monoisotopic (exact) mass is 523 g/mol. The zero-order valence-corrected chi connectivity index (χ0v) is 22.1. The van der Waals surface area contributed by atoms with Crippen LogP contribution >= 0.6 is 0 Å². The first-order valence-corrected chi connectivity index (χ1v) is 14.4. The van der Waals surface area contributed by atoms with Gasteiger partial charge in [-0.3, -0.25) is 4.79 Å². The van der Waals surface area contributed by atoms with Crippen LogP contribution in [0.4, 0.5) is 5.69 Å². The minimum atomic E-state index is -3.64. The molecule has 0 atom stereocenters. The summed E-state index contributed by atoms with van der Waals surface area (Å²) in [4.78, 5) is 12.7. The van der Waals surface area contributed by atoms with Crippen molar-refractivity contribution in [1.29, 1.82) is 0 Å². The van der Waals surface area contributed by atoms with E-state index in [-0.39, 0.29) is 22.4 Å². The van der Waals surface area contributed by atoms with Crippen molar-refractivity contribution >= 4 is 31.6 Å². The Kier molecular flexibility index (Phi) is 8.58. The van der Waals surface area contributed by atoms with Gasteiger partial charge in [-0.1, -0.05) is 25.3 Å². The van der Waals surface area contributed by atoms with Crippen molar-refractivity contribution < 1.29 is 26.4 Å². The fraction of sp³-hybridized carbons (Fsp3) is 0.458. The topological polar surface area (TPSA) is 122 Å². The maximum absolute atomic E-state index is 12.7. The average molecular weight is 524 g/mol. The normalized spacial score (nSPS) is 15.2. The molecular formula is C24H33N3O6S2. The molecular weight excluding hydrogens is 490 g/mol. The number of benzene rings is 2. The summed E-state index contributed by atoms with van der Waals surface area (Å²) in [5.41, 5.74) is 1.65. The molecule has 35 heavy (non-hydrogen) atoms. The summed E-state index contributed by atoms with van der Waals surface area (Å²) in [5, 5.41) is 2.68. The van der Waals surface area contributed by atoms with Gasteiger partial charge in [-0.15, -0.1) is 0 Å². The Labute approximate surface area is 208 Å². The Morgan fingerprint density at radius 2 is 1.60 bits per heavy atom. The van der Waals surface area contributed by atoms with Crippen LogP contribution in [0.3, 0.4) is 0 Å². The van der Waals surface area contributed by atoms with Crippen molar-refractivity contribution in [3.05, 3.63) is 47.5 Å². The van der Waals surface area contributed by atoms with E-state index in [4.69, 9.17) is 4.74 Å². The van der Waals surface area contributed by atoms with Gasteiger partial charge in [0.05, 0.1) is 9.79 Å². The molecule has 1 fully saturated rings. The fourth-order valence-electron chi connectivity index (χ4n) is 3.90. The Morgan fingerprint density at radius 1 is 0.943 bits per heavy atom. The zero-order chi connectivity index (χ0) is 25.8. The third-order valence-corrected chi connectivity index (χ3v) is 9.33. The number of ether oxygens (including phenoxy) is 1. The van der Waals surface area contributed by atoms with E-state index in [1.807, 2.05) is 0 Å². The van der Waals surface area contributed by atoms with Crippen LogP contribution in [0.1, 0.15) is 43.2 Å². The number of nitrogens with zero attached hydrogens (tertiary/aromatic N) is 1. The Balaban J connectivity index is 1.64. The van der Waals surface area contributed by atoms with Gasteiger partial charge in [-0.25, -0.2) is 25.9 Å². The zero-order valence-electron chi connectivity index (χ0n) is 20.5. The van der Waals surface area contributed by atoms with Crippen LogP contribution in [-0.2, 0) is 24.8 Å². The van der Waals surface area contributed by atoms with Gasteiger partial charge in [0.25, 0.3) is 5.91 Å². The van der Waals surface area contributed by atoms with E-state index < -0.39 is 26.0 Å². The summed E-state index contributed by atoms with van der Waals surface area (Å²) in [6.45, 7) is 3.15. The minimum absolute atomic E-state index is 0.0386. The summed E-state index contributed by atoms with van der Waals surface area (Å²) in [7, 11) is -4.40. The van der Waals surface area contributed by atoms with Gasteiger partial charge in [-0.05, 0) is 68.1 Å². The van der Waals surface area contributed by atoms with Crippen molar-refractivity contribution in [3.8, 4) is 5.75 Å². The Morgan fingerprint density at radius 3 is 2.23 bits per heavy atom. The highest BCUT2D eigenvalue weighted by atomic mass is 32.2. The van der Waals surface area contributed by atoms with E-state index in [9.17, 15) is 21.6 Å². The van der Waals surface area contributed by atoms with Crippen LogP contribution in [0.2, 0.25) is 0 Å². The molecule has 0 bridgehead atoms. The molecule has 3 rings (SSSR count). The molecule has 11 heteroatoms. The number of hydrogen-bond donors (Lipinski definition) is 2. The number of amides is 1. The van der Waals surface area contributed by atoms with Crippen molar-refractivity contribution in [2.45, 2.75) is 61.8 Å². The van der Waals surface area contributed by atoms with E-state index in [2.05, 4.69) is 10.0 Å². The van der Waals surface area contributed by atoms with E-state index in [0.717, 1.165) is 36.4 Å². The molecule has 192 valence electrons. The van der Waals surface area contributed by atoms with Gasteiger partial charge < -0.3 is 10.1 Å². The molecule has 0 aromatic heterocycles. The van der Waals surface area contributed by atoms with Crippen molar-refractivity contribution in [2.24, 2.45) is 0 Å². The standard InChI is InChI=1S/C24H33N3O6S2/c1-17-10-11-21(35(31,32)27(3)4)15-22(17)25-24(28)16-33-23-13-12-20(14-18(23)2)34(29,30)26-19-8-6-5-7-9-19/h10-15,19,26H,5-9,16H2,1-4H3,(H,25,28). The van der Waals surface area contributed by atoms with Gasteiger partial charge >= 0.3 is 0 Å². The van der Waals surface area contributed by atoms with Crippen molar-refractivity contribution in [3.63, 3.8) is 0 Å². The predicted molar refractivity (Wildman–Crippen MR) is 135 cm³/mol. The molecule has 1 saturated carbocycles. The molecule has 2 N–H and O–H groups in total. The SMILES string of the molecule is Cc1ccc(S(=O)(=O)N(C)C)cc1NC(=O)COc1ccc(S(=O)(=O)NC2CCCCC2)cc1C. The van der Waals surface area contributed by atoms with Crippen LogP contribution in [0, 0.1) is 13.8 Å². The smallest absolute Gasteiger partial charge is 0.262 e. The average Bonchev–Trinajstić information content (AvgIpc) is 2.79. The summed E-state index contributed by atoms with van der Waals surface area (Å²) < 4.78 is 59.7. The number of anilines is 1. The highest BCUT2D eigenvalue weighted by molar-refractivity contribution is 7.89. The molecule has 0 unspecified atom stereocenters. The molecule has 2 aromatic rings. The molecule has 0 heterocycles. The van der Waals surface area contributed by atoms with E-state index in [1.54, 1.807) is 19.9 Å². The first-order valence-electron chi connectivity index (χ1n) is 11.5. The fourth-order valence-corrected chi connectivity index (χ4v) is 6.21. The Hall–Kier alpha value is -2.47. The van der Waals surface area contributed by atoms with Crippen LogP contribution < -0.4 is 14.8 Å². The number of carbonyl (C=O) groups excluding carboxylic acids is 1. The number of hydrogen-bond acceptors (Lipinski definition) is 6. The molecule has 0 spiro atoms. The lowest BCUT2D eigenvalue weighted by Crippen LogP contribution is -2.36. The summed E-state index contributed by atoms with van der Waals surface area (Å²) in [5.74, 6) is -0.0833. The van der Waals surface area contributed by atoms with E-state index >= 15 is 0 Å². The van der Waals surface area contributed by atoms with Gasteiger partial charge in [-0.2, -0.15) is 0 Å². The second-order valence-corrected chi connectivity index (χ2v) is 12.9. The number of nitrogens with one attached hydrogen (secondary N) is 2. The third-order valence-electron chi connectivity index (χ3n) is 6.00. The Bertz CT molecular complexity index is 1280. The lowest BCUT2D eigenvalue weighted by atomic mass is 9.96. The number of rotatable bonds is 9. The van der Waals surface area contributed by atoms with Crippen molar-refractivity contribution in [2.75, 3.05) is 26.0 Å². The quantitative estimate of drug-likeness (QED) is 0.521. The molecule has 1 aliphatic rings. The summed E-state index contributed by atoms with van der Waals surface area (Å²) in [6.07, 6.45) is 4.87. The van der Waals surface area contributed by atoms with Crippen LogP contribution in [0.25, 0.3) is 0 Å². The summed E-state index contributed by atoms with van der Waals surface area (Å²) in [6, 6.07) is 9.00. The first-order chi connectivity index (χ1) is 16.4. The van der Waals surface area contributed by atoms with Crippen LogP contribution in [0.15, 0.2) is 46.2 Å². The molecule has 1 amide bonds. The maximum atomic E-state index is 12.7. The third kappa shape index (κ3) is 6.81. The van der Waals surface area contributed by atoms with E-state index in [0.29, 0.717) is 22.6 Å². The molecule has 0 aliphatic heterocycles. The number of aryl methyl sites for hydroxylation is 2. The molecule has 2 aromatic carbocycles. The molecule has 1 aliphatic carbocycles. The first kappa shape index (κ1) is 27.1. The van der Waals surface area contributed by atoms with Crippen molar-refractivity contribution in [1.82, 2.24) is 9.03 Å². The number of sulfonamides is 2. The largest absolute Gasteiger partial charge is 0.483 e. The van der Waals surface area contributed by atoms with Gasteiger partial charge in [0.1, 0.15) is 5.75 Å². The second-order valence-electron chi connectivity index (χ2n) is 8.98. The van der Waals surface area contributed by atoms with Crippen LogP contribution in [-0.4, -0.2) is 53.8 Å². The molecule has 0 radical (unpaired) electrons. The highest BCUT2D eigenvalue weighted by Crippen LogP contribution is 2.25. The van der Waals surface area contributed by atoms with E-state index in [1.165, 1.54) is 44.4 Å². The van der Waals surface area contributed by atoms with Gasteiger partial charge in [0, 0.05) is 25.8 Å². The lowest BCUT2D eigenvalue weighted by Gasteiger charge is -2.22.